The summed E-state index contributed by atoms with van der Waals surface area (Å²) < 4.78 is 7.84. The van der Waals surface area contributed by atoms with E-state index in [1.165, 1.54) is 0 Å². The molecule has 18 heavy (non-hydrogen) atoms. The predicted octanol–water partition coefficient (Wildman–Crippen LogP) is 2.21. The van der Waals surface area contributed by atoms with E-state index in [0.29, 0.717) is 18.8 Å². The molecule has 1 aromatic heterocycles. The van der Waals surface area contributed by atoms with E-state index in [0.717, 1.165) is 17.4 Å². The molecule has 0 saturated carbocycles. The number of aromatic nitrogens is 2. The molecule has 5 nitrogen and oxygen atoms in total. The van der Waals surface area contributed by atoms with Crippen molar-refractivity contribution >= 4 is 21.8 Å². The van der Waals surface area contributed by atoms with E-state index in [1.807, 2.05) is 20.8 Å². The topological polar surface area (TPSA) is 56.2 Å². The molecule has 1 heterocycles. The first-order chi connectivity index (χ1) is 8.54. The number of aryl methyl sites for hydroxylation is 1. The number of carbonyl (C=O) groups excluding carboxylic acids is 1. The molecule has 0 aliphatic carbocycles. The van der Waals surface area contributed by atoms with Gasteiger partial charge in [-0.25, -0.2) is 0 Å². The lowest BCUT2D eigenvalue weighted by molar-refractivity contribution is 0.0756. The minimum absolute atomic E-state index is 0.154. The Balaban J connectivity index is 2.34. The molecule has 1 amide bonds. The zero-order chi connectivity index (χ0) is 13.5. The van der Waals surface area contributed by atoms with Crippen molar-refractivity contribution in [1.82, 2.24) is 15.1 Å². The summed E-state index contributed by atoms with van der Waals surface area (Å²) in [5.41, 5.74) is 0.432. The maximum absolute atomic E-state index is 11.8. The monoisotopic (exact) mass is 317 g/mol. The van der Waals surface area contributed by atoms with Crippen molar-refractivity contribution in [3.8, 4) is 0 Å². The van der Waals surface area contributed by atoms with E-state index >= 15 is 0 Å². The lowest BCUT2D eigenvalue weighted by Gasteiger charge is -2.07. The van der Waals surface area contributed by atoms with Crippen molar-refractivity contribution in [2.75, 3.05) is 13.2 Å². The molecular formula is C12H20BrN3O2. The highest BCUT2D eigenvalue weighted by Crippen LogP contribution is 2.14. The molecular weight excluding hydrogens is 298 g/mol. The molecule has 0 spiro atoms. The fourth-order valence-corrected chi connectivity index (χ4v) is 1.89. The third kappa shape index (κ3) is 4.78. The average molecular weight is 318 g/mol. The van der Waals surface area contributed by atoms with Crippen molar-refractivity contribution in [1.29, 1.82) is 0 Å². The van der Waals surface area contributed by atoms with Gasteiger partial charge in [0.05, 0.1) is 10.6 Å². The summed E-state index contributed by atoms with van der Waals surface area (Å²) in [6.07, 6.45) is 2.84. The Bertz CT molecular complexity index is 391. The third-order valence-electron chi connectivity index (χ3n) is 2.31. The molecule has 0 saturated heterocycles. The number of carbonyl (C=O) groups is 1. The molecule has 0 unspecified atom stereocenters. The number of amides is 1. The molecule has 1 rings (SSSR count). The predicted molar refractivity (Wildman–Crippen MR) is 73.6 cm³/mol. The minimum atomic E-state index is -0.154. The number of hydrogen-bond donors (Lipinski definition) is 1. The van der Waals surface area contributed by atoms with Crippen molar-refractivity contribution in [3.63, 3.8) is 0 Å². The smallest absolute Gasteiger partial charge is 0.272 e. The van der Waals surface area contributed by atoms with Crippen molar-refractivity contribution in [2.24, 2.45) is 0 Å². The van der Waals surface area contributed by atoms with Gasteiger partial charge in [0.15, 0.2) is 5.69 Å². The molecule has 0 radical (unpaired) electrons. The summed E-state index contributed by atoms with van der Waals surface area (Å²) in [6, 6.07) is 0. The van der Waals surface area contributed by atoms with Gasteiger partial charge in [0.2, 0.25) is 0 Å². The van der Waals surface area contributed by atoms with Crippen LogP contribution in [-0.2, 0) is 11.3 Å². The molecule has 0 aliphatic rings. The van der Waals surface area contributed by atoms with Gasteiger partial charge in [0.25, 0.3) is 5.91 Å². The van der Waals surface area contributed by atoms with Gasteiger partial charge in [-0.1, -0.05) is 0 Å². The Morgan fingerprint density at radius 2 is 2.33 bits per heavy atom. The highest BCUT2D eigenvalue weighted by molar-refractivity contribution is 9.10. The van der Waals surface area contributed by atoms with Gasteiger partial charge in [-0.2, -0.15) is 5.10 Å². The van der Waals surface area contributed by atoms with Crippen LogP contribution < -0.4 is 5.32 Å². The van der Waals surface area contributed by atoms with Crippen LogP contribution in [0.4, 0.5) is 0 Å². The molecule has 0 aromatic carbocycles. The van der Waals surface area contributed by atoms with Crippen LogP contribution in [0.15, 0.2) is 10.7 Å². The summed E-state index contributed by atoms with van der Waals surface area (Å²) in [6.45, 7) is 7.96. The Labute approximate surface area is 116 Å². The first kappa shape index (κ1) is 15.2. The molecule has 0 bridgehead atoms. The van der Waals surface area contributed by atoms with Crippen LogP contribution in [0.5, 0.6) is 0 Å². The maximum atomic E-state index is 11.8. The fourth-order valence-electron chi connectivity index (χ4n) is 1.39. The second-order valence-electron chi connectivity index (χ2n) is 4.21. The number of halogens is 1. The summed E-state index contributed by atoms with van der Waals surface area (Å²) in [4.78, 5) is 11.8. The normalized spacial score (nSPS) is 10.9. The number of hydrogen-bond acceptors (Lipinski definition) is 3. The van der Waals surface area contributed by atoms with Crippen LogP contribution in [0.25, 0.3) is 0 Å². The van der Waals surface area contributed by atoms with Gasteiger partial charge in [-0.05, 0) is 43.1 Å². The number of nitrogens with zero attached hydrogens (tertiary/aromatic N) is 2. The molecule has 0 aliphatic heterocycles. The van der Waals surface area contributed by atoms with Gasteiger partial charge < -0.3 is 10.1 Å². The molecule has 102 valence electrons. The molecule has 0 atom stereocenters. The second kappa shape index (κ2) is 7.53. The standard InChI is InChI=1S/C12H20BrN3O2/c1-4-16-8-10(13)11(15-16)12(17)14-6-5-7-18-9(2)3/h8-9H,4-7H2,1-3H3,(H,14,17). The Hall–Kier alpha value is -0.880. The van der Waals surface area contributed by atoms with E-state index in [9.17, 15) is 4.79 Å². The average Bonchev–Trinajstić information content (AvgIpc) is 2.69. The van der Waals surface area contributed by atoms with Crippen LogP contribution in [0.3, 0.4) is 0 Å². The van der Waals surface area contributed by atoms with Crippen LogP contribution >= 0.6 is 15.9 Å². The van der Waals surface area contributed by atoms with Gasteiger partial charge in [0, 0.05) is 25.9 Å². The Morgan fingerprint density at radius 1 is 1.61 bits per heavy atom. The number of ether oxygens (including phenoxy) is 1. The Kier molecular flexibility index (Phi) is 6.35. The number of rotatable bonds is 7. The van der Waals surface area contributed by atoms with Crippen molar-refractivity contribution < 1.29 is 9.53 Å². The van der Waals surface area contributed by atoms with E-state index in [2.05, 4.69) is 26.3 Å². The third-order valence-corrected chi connectivity index (χ3v) is 2.89. The number of nitrogens with one attached hydrogen (secondary N) is 1. The minimum Gasteiger partial charge on any atom is -0.379 e. The van der Waals surface area contributed by atoms with E-state index < -0.39 is 0 Å². The lowest BCUT2D eigenvalue weighted by Crippen LogP contribution is -2.26. The Morgan fingerprint density at radius 3 is 2.89 bits per heavy atom. The summed E-state index contributed by atoms with van der Waals surface area (Å²) >= 11 is 3.33. The van der Waals surface area contributed by atoms with Crippen molar-refractivity contribution in [3.05, 3.63) is 16.4 Å². The van der Waals surface area contributed by atoms with E-state index in [4.69, 9.17) is 4.74 Å². The zero-order valence-electron chi connectivity index (χ0n) is 11.1. The van der Waals surface area contributed by atoms with Gasteiger partial charge in [-0.3, -0.25) is 9.48 Å². The molecule has 6 heteroatoms. The lowest BCUT2D eigenvalue weighted by atomic mass is 10.4. The molecule has 1 aromatic rings. The van der Waals surface area contributed by atoms with E-state index in [-0.39, 0.29) is 12.0 Å². The largest absolute Gasteiger partial charge is 0.379 e. The van der Waals surface area contributed by atoms with Crippen LogP contribution in [0.1, 0.15) is 37.7 Å². The fraction of sp³-hybridized carbons (Fsp3) is 0.667. The van der Waals surface area contributed by atoms with Crippen molar-refractivity contribution in [2.45, 2.75) is 39.8 Å². The summed E-state index contributed by atoms with van der Waals surface area (Å²) in [5.74, 6) is -0.154. The second-order valence-corrected chi connectivity index (χ2v) is 5.06. The van der Waals surface area contributed by atoms with Crippen LogP contribution in [0.2, 0.25) is 0 Å². The quantitative estimate of drug-likeness (QED) is 0.784. The zero-order valence-corrected chi connectivity index (χ0v) is 12.7. The van der Waals surface area contributed by atoms with Crippen LogP contribution in [0, 0.1) is 0 Å². The van der Waals surface area contributed by atoms with Gasteiger partial charge >= 0.3 is 0 Å². The highest BCUT2D eigenvalue weighted by atomic mass is 79.9. The highest BCUT2D eigenvalue weighted by Gasteiger charge is 2.13. The molecule has 1 N–H and O–H groups in total. The van der Waals surface area contributed by atoms with Crippen LogP contribution in [-0.4, -0.2) is 34.9 Å². The molecule has 0 fully saturated rings. The van der Waals surface area contributed by atoms with E-state index in [1.54, 1.807) is 10.9 Å². The van der Waals surface area contributed by atoms with Gasteiger partial charge in [-0.15, -0.1) is 0 Å². The summed E-state index contributed by atoms with van der Waals surface area (Å²) in [7, 11) is 0. The summed E-state index contributed by atoms with van der Waals surface area (Å²) in [5, 5.41) is 7.01. The van der Waals surface area contributed by atoms with Gasteiger partial charge in [0.1, 0.15) is 0 Å². The first-order valence-electron chi connectivity index (χ1n) is 6.17. The SMILES string of the molecule is CCn1cc(Br)c(C(=O)NCCCOC(C)C)n1. The maximum Gasteiger partial charge on any atom is 0.272 e. The first-order valence-corrected chi connectivity index (χ1v) is 6.96.